The molecule has 0 amide bonds. The van der Waals surface area contributed by atoms with Crippen LogP contribution in [0.5, 0.6) is 0 Å². The van der Waals surface area contributed by atoms with E-state index in [-0.39, 0.29) is 6.04 Å². The van der Waals surface area contributed by atoms with E-state index in [4.69, 9.17) is 17.4 Å². The van der Waals surface area contributed by atoms with Gasteiger partial charge in [0.15, 0.2) is 0 Å². The second kappa shape index (κ2) is 15.4. The molecule has 2 nitrogen and oxygen atoms in total. The van der Waals surface area contributed by atoms with Crippen molar-refractivity contribution in [2.75, 3.05) is 18.9 Å². The molecule has 1 aliphatic heterocycles. The normalized spacial score (nSPS) is 24.4. The van der Waals surface area contributed by atoms with Crippen molar-refractivity contribution in [1.82, 2.24) is 5.32 Å². The number of allylic oxidation sites excluding steroid dienone is 1. The Morgan fingerprint density at radius 1 is 1.03 bits per heavy atom. The molecule has 1 heterocycles. The summed E-state index contributed by atoms with van der Waals surface area (Å²) in [5, 5.41) is 3.74. The fourth-order valence-corrected chi connectivity index (χ4v) is 5.07. The maximum atomic E-state index is 6.02. The van der Waals surface area contributed by atoms with Crippen LogP contribution in [-0.2, 0) is 4.74 Å². The fourth-order valence-electron chi connectivity index (χ4n) is 4.48. The highest BCUT2D eigenvalue weighted by Crippen LogP contribution is 2.40. The molecule has 1 rings (SSSR count). The van der Waals surface area contributed by atoms with Gasteiger partial charge in [-0.25, -0.2) is 0 Å². The first kappa shape index (κ1) is 26.6. The Hall–Kier alpha value is -0.410. The van der Waals surface area contributed by atoms with Crippen LogP contribution in [0, 0.1) is 11.3 Å². The highest BCUT2D eigenvalue weighted by atomic mass is 32.1. The number of thiol groups is 1. The molecule has 0 spiro atoms. The molecule has 0 aromatic heterocycles. The maximum Gasteiger partial charge on any atom is 0.106 e. The maximum absolute atomic E-state index is 6.02. The molecular formula is C26H49NOS. The molecule has 1 fully saturated rings. The van der Waals surface area contributed by atoms with Crippen LogP contribution in [0.2, 0.25) is 0 Å². The van der Waals surface area contributed by atoms with Gasteiger partial charge in [-0.15, -0.1) is 6.58 Å². The molecule has 3 heteroatoms. The molecule has 3 atom stereocenters. The van der Waals surface area contributed by atoms with E-state index in [1.165, 1.54) is 76.2 Å². The minimum absolute atomic E-state index is 0.285. The zero-order valence-corrected chi connectivity index (χ0v) is 20.6. The Bertz CT molecular complexity index is 464. The first-order valence-electron chi connectivity index (χ1n) is 12.2. The van der Waals surface area contributed by atoms with E-state index in [9.17, 15) is 0 Å². The van der Waals surface area contributed by atoms with E-state index in [1.807, 2.05) is 0 Å². The van der Waals surface area contributed by atoms with Crippen LogP contribution >= 0.6 is 12.6 Å². The van der Waals surface area contributed by atoms with Crippen molar-refractivity contribution in [1.29, 1.82) is 0 Å². The Kier molecular flexibility index (Phi) is 14.1. The summed E-state index contributed by atoms with van der Waals surface area (Å²) in [5.74, 6) is 2.51. The van der Waals surface area contributed by atoms with Crippen molar-refractivity contribution in [3.63, 3.8) is 0 Å². The van der Waals surface area contributed by atoms with Crippen LogP contribution < -0.4 is 5.32 Å². The Balaban J connectivity index is 2.26. The molecule has 29 heavy (non-hydrogen) atoms. The van der Waals surface area contributed by atoms with Gasteiger partial charge in [0, 0.05) is 6.54 Å². The molecule has 1 saturated heterocycles. The Morgan fingerprint density at radius 3 is 2.34 bits per heavy atom. The largest absolute Gasteiger partial charge is 0.497 e. The summed E-state index contributed by atoms with van der Waals surface area (Å²) >= 11 is 4.70. The zero-order valence-electron chi connectivity index (χ0n) is 19.7. The fraction of sp³-hybridized carbons (Fsp3) is 0.846. The predicted octanol–water partition coefficient (Wildman–Crippen LogP) is 7.71. The van der Waals surface area contributed by atoms with Gasteiger partial charge in [0.1, 0.15) is 5.76 Å². The van der Waals surface area contributed by atoms with Gasteiger partial charge in [-0.1, -0.05) is 77.4 Å². The lowest BCUT2D eigenvalue weighted by Gasteiger charge is -2.45. The molecular weight excluding hydrogens is 374 g/mol. The summed E-state index contributed by atoms with van der Waals surface area (Å²) in [6, 6.07) is 0.285. The summed E-state index contributed by atoms with van der Waals surface area (Å²) in [5.41, 5.74) is 1.64. The topological polar surface area (TPSA) is 21.3 Å². The second-order valence-corrected chi connectivity index (χ2v) is 10.0. The third-order valence-electron chi connectivity index (χ3n) is 6.75. The lowest BCUT2D eigenvalue weighted by molar-refractivity contribution is 0.0887. The van der Waals surface area contributed by atoms with Gasteiger partial charge in [-0.3, -0.25) is 0 Å². The number of rotatable bonds is 17. The molecule has 0 aromatic carbocycles. The average Bonchev–Trinajstić information content (AvgIpc) is 2.69. The number of ether oxygens (including phenoxy) is 1. The van der Waals surface area contributed by atoms with Crippen LogP contribution in [0.1, 0.15) is 104 Å². The lowest BCUT2D eigenvalue weighted by atomic mass is 9.69. The molecule has 1 aliphatic rings. The highest BCUT2D eigenvalue weighted by molar-refractivity contribution is 7.80. The summed E-state index contributed by atoms with van der Waals surface area (Å²) in [6.45, 7) is 17.0. The van der Waals surface area contributed by atoms with E-state index >= 15 is 0 Å². The van der Waals surface area contributed by atoms with Crippen LogP contribution in [0.4, 0.5) is 0 Å². The van der Waals surface area contributed by atoms with E-state index in [1.54, 1.807) is 0 Å². The number of hydrogen-bond acceptors (Lipinski definition) is 3. The number of hydrogen-bond donors (Lipinski definition) is 2. The molecule has 0 bridgehead atoms. The highest BCUT2D eigenvalue weighted by Gasteiger charge is 2.39. The molecule has 3 unspecified atom stereocenters. The third kappa shape index (κ3) is 11.0. The van der Waals surface area contributed by atoms with Crippen LogP contribution in [-0.4, -0.2) is 24.9 Å². The predicted molar refractivity (Wildman–Crippen MR) is 133 cm³/mol. The van der Waals surface area contributed by atoms with Gasteiger partial charge in [0.25, 0.3) is 0 Å². The molecule has 1 N–H and O–H groups in total. The van der Waals surface area contributed by atoms with E-state index in [0.717, 1.165) is 37.5 Å². The number of piperidine rings is 1. The summed E-state index contributed by atoms with van der Waals surface area (Å²) in [4.78, 5) is 0. The first-order chi connectivity index (χ1) is 13.9. The molecule has 0 saturated carbocycles. The van der Waals surface area contributed by atoms with Gasteiger partial charge in [-0.2, -0.15) is 12.6 Å². The third-order valence-corrected chi connectivity index (χ3v) is 7.19. The minimum atomic E-state index is 0.285. The van der Waals surface area contributed by atoms with Crippen molar-refractivity contribution >= 4 is 12.6 Å². The quantitative estimate of drug-likeness (QED) is 0.108. The minimum Gasteiger partial charge on any atom is -0.497 e. The van der Waals surface area contributed by atoms with Gasteiger partial charge in [-0.05, 0) is 56.1 Å². The lowest BCUT2D eigenvalue weighted by Crippen LogP contribution is -2.51. The van der Waals surface area contributed by atoms with Crippen molar-refractivity contribution in [3.05, 3.63) is 24.5 Å². The second-order valence-electron chi connectivity index (χ2n) is 9.66. The molecule has 0 aromatic rings. The Morgan fingerprint density at radius 2 is 1.69 bits per heavy atom. The van der Waals surface area contributed by atoms with E-state index in [2.05, 4.69) is 39.2 Å². The Labute approximate surface area is 187 Å². The van der Waals surface area contributed by atoms with Gasteiger partial charge < -0.3 is 10.1 Å². The number of nitrogens with one attached hydrogen (secondary N) is 1. The molecule has 170 valence electrons. The van der Waals surface area contributed by atoms with Crippen molar-refractivity contribution in [2.24, 2.45) is 11.3 Å². The molecule has 0 aliphatic carbocycles. The van der Waals surface area contributed by atoms with Crippen LogP contribution in [0.3, 0.4) is 0 Å². The summed E-state index contributed by atoms with van der Waals surface area (Å²) < 4.78 is 6.02. The van der Waals surface area contributed by atoms with E-state index < -0.39 is 0 Å². The number of unbranched alkanes of at least 4 members (excludes halogenated alkanes) is 8. The molecule has 0 radical (unpaired) electrons. The van der Waals surface area contributed by atoms with Gasteiger partial charge >= 0.3 is 0 Å². The van der Waals surface area contributed by atoms with Gasteiger partial charge in [0.2, 0.25) is 0 Å². The van der Waals surface area contributed by atoms with Crippen LogP contribution in [0.15, 0.2) is 24.5 Å². The zero-order chi connectivity index (χ0) is 21.5. The SMILES string of the molecule is C=C(C)CCCCCC1(C)CNC(C(=C)OCCCCCCCCC)CC1CS. The van der Waals surface area contributed by atoms with E-state index in [0.29, 0.717) is 11.3 Å². The van der Waals surface area contributed by atoms with Crippen LogP contribution in [0.25, 0.3) is 0 Å². The van der Waals surface area contributed by atoms with Crippen molar-refractivity contribution < 1.29 is 4.74 Å². The van der Waals surface area contributed by atoms with Gasteiger partial charge in [0.05, 0.1) is 12.6 Å². The summed E-state index contributed by atoms with van der Waals surface area (Å²) in [7, 11) is 0. The van der Waals surface area contributed by atoms with Crippen molar-refractivity contribution in [2.45, 2.75) is 110 Å². The smallest absolute Gasteiger partial charge is 0.106 e. The average molecular weight is 424 g/mol. The van der Waals surface area contributed by atoms with Crippen molar-refractivity contribution in [3.8, 4) is 0 Å². The summed E-state index contributed by atoms with van der Waals surface area (Å²) in [6.07, 6.45) is 16.6. The monoisotopic (exact) mass is 423 g/mol. The first-order valence-corrected chi connectivity index (χ1v) is 12.9. The standard InChI is InChI=1S/C26H49NOS/c1-6-7-8-9-10-11-15-18-28-23(4)25-19-24(20-29)26(5,21-27-25)17-14-12-13-16-22(2)3/h24-25,27,29H,2,4,6-21H2,1,3,5H3.